The lowest BCUT2D eigenvalue weighted by molar-refractivity contribution is 0.0786. The Balaban J connectivity index is 1.44. The summed E-state index contributed by atoms with van der Waals surface area (Å²) < 4.78 is 42.2. The average Bonchev–Trinajstić information content (AvgIpc) is 3.47. The van der Waals surface area contributed by atoms with Crippen molar-refractivity contribution in [3.8, 4) is 28.5 Å². The highest BCUT2D eigenvalue weighted by molar-refractivity contribution is 7.90. The van der Waals surface area contributed by atoms with E-state index < -0.39 is 21.2 Å². The van der Waals surface area contributed by atoms with Crippen LogP contribution >= 0.6 is 0 Å². The zero-order chi connectivity index (χ0) is 31.9. The summed E-state index contributed by atoms with van der Waals surface area (Å²) in [6, 6.07) is 17.0. The van der Waals surface area contributed by atoms with Crippen molar-refractivity contribution in [2.75, 3.05) is 13.1 Å². The standard InChI is InChI=1S/C34H36N4O6S/c1-22-5-9-26(10-6-22)45(41,42)38-18-15-27-29(21-37(4)33(39)32(27)38)28-19-23(34(2,3)40)7-11-30(28)43-25-8-12-31(36-20-25)44-24-13-16-35-17-14-24/h5-12,15,18-21,24,35,40H,13-14,16-17H2,1-4H3. The molecule has 6 rings (SSSR count). The van der Waals surface area contributed by atoms with E-state index in [4.69, 9.17) is 9.47 Å². The minimum atomic E-state index is -4.07. The molecule has 1 aliphatic heterocycles. The molecule has 234 valence electrons. The minimum Gasteiger partial charge on any atom is -0.474 e. The predicted octanol–water partition coefficient (Wildman–Crippen LogP) is 5.10. The van der Waals surface area contributed by atoms with Crippen LogP contribution in [0.3, 0.4) is 0 Å². The molecule has 1 saturated heterocycles. The molecule has 0 saturated carbocycles. The van der Waals surface area contributed by atoms with Crippen LogP contribution in [-0.4, -0.2) is 46.2 Å². The summed E-state index contributed by atoms with van der Waals surface area (Å²) in [5.41, 5.74) is 1.02. The van der Waals surface area contributed by atoms with Crippen LogP contribution in [0.25, 0.3) is 22.0 Å². The van der Waals surface area contributed by atoms with Gasteiger partial charge in [0.05, 0.1) is 16.7 Å². The molecule has 0 unspecified atom stereocenters. The molecule has 10 nitrogen and oxygen atoms in total. The molecular weight excluding hydrogens is 592 g/mol. The molecule has 3 aromatic heterocycles. The lowest BCUT2D eigenvalue weighted by Crippen LogP contribution is -2.34. The number of hydrogen-bond acceptors (Lipinski definition) is 8. The van der Waals surface area contributed by atoms with Crippen molar-refractivity contribution in [2.24, 2.45) is 7.05 Å². The molecule has 0 radical (unpaired) electrons. The van der Waals surface area contributed by atoms with Crippen LogP contribution in [0, 0.1) is 6.92 Å². The summed E-state index contributed by atoms with van der Waals surface area (Å²) in [6.45, 7) is 7.06. The van der Waals surface area contributed by atoms with Gasteiger partial charge in [-0.3, -0.25) is 4.79 Å². The topological polar surface area (TPSA) is 125 Å². The zero-order valence-corrected chi connectivity index (χ0v) is 26.5. The third kappa shape index (κ3) is 6.11. The number of nitrogens with one attached hydrogen (secondary N) is 1. The number of ether oxygens (including phenoxy) is 2. The summed E-state index contributed by atoms with van der Waals surface area (Å²) in [5.74, 6) is 1.42. The van der Waals surface area contributed by atoms with Crippen molar-refractivity contribution >= 4 is 20.9 Å². The Morgan fingerprint density at radius 3 is 2.40 bits per heavy atom. The molecule has 1 aliphatic rings. The molecule has 11 heteroatoms. The predicted molar refractivity (Wildman–Crippen MR) is 172 cm³/mol. The number of piperidine rings is 1. The smallest absolute Gasteiger partial charge is 0.275 e. The summed E-state index contributed by atoms with van der Waals surface area (Å²) in [6.07, 6.45) is 6.58. The maximum absolute atomic E-state index is 13.7. The van der Waals surface area contributed by atoms with E-state index in [1.165, 1.54) is 22.9 Å². The van der Waals surface area contributed by atoms with Gasteiger partial charge in [-0.25, -0.2) is 17.4 Å². The Kier molecular flexibility index (Phi) is 8.02. The van der Waals surface area contributed by atoms with Gasteiger partial charge in [0.25, 0.3) is 15.6 Å². The fraction of sp³-hybridized carbons (Fsp3) is 0.294. The lowest BCUT2D eigenvalue weighted by Gasteiger charge is -2.23. The van der Waals surface area contributed by atoms with Crippen molar-refractivity contribution in [2.45, 2.75) is 50.2 Å². The van der Waals surface area contributed by atoms with Crippen molar-refractivity contribution in [1.29, 1.82) is 0 Å². The normalized spacial score (nSPS) is 14.5. The molecule has 0 bridgehead atoms. The maximum Gasteiger partial charge on any atom is 0.275 e. The number of nitrogens with zero attached hydrogens (tertiary/aromatic N) is 3. The second-order valence-electron chi connectivity index (χ2n) is 11.9. The number of pyridine rings is 2. The molecule has 0 spiro atoms. The molecule has 2 aromatic carbocycles. The van der Waals surface area contributed by atoms with Crippen LogP contribution in [0.4, 0.5) is 0 Å². The maximum atomic E-state index is 13.7. The van der Waals surface area contributed by atoms with Gasteiger partial charge in [0.1, 0.15) is 23.1 Å². The van der Waals surface area contributed by atoms with Crippen molar-refractivity contribution < 1.29 is 23.0 Å². The van der Waals surface area contributed by atoms with Crippen LogP contribution in [0.1, 0.15) is 37.8 Å². The number of benzene rings is 2. The third-order valence-electron chi connectivity index (χ3n) is 8.05. The highest BCUT2D eigenvalue weighted by atomic mass is 32.2. The zero-order valence-electron chi connectivity index (χ0n) is 25.6. The molecular formula is C34H36N4O6S. The summed E-state index contributed by atoms with van der Waals surface area (Å²) in [7, 11) is -2.50. The van der Waals surface area contributed by atoms with Gasteiger partial charge >= 0.3 is 0 Å². The molecule has 1 fully saturated rings. The minimum absolute atomic E-state index is 0.0104. The van der Waals surface area contributed by atoms with Crippen LogP contribution in [0.2, 0.25) is 0 Å². The van der Waals surface area contributed by atoms with Gasteiger partial charge in [0, 0.05) is 42.0 Å². The highest BCUT2D eigenvalue weighted by Gasteiger charge is 2.25. The second kappa shape index (κ2) is 11.8. The van der Waals surface area contributed by atoms with Crippen LogP contribution in [-0.2, 0) is 22.7 Å². The third-order valence-corrected chi connectivity index (χ3v) is 9.74. The van der Waals surface area contributed by atoms with E-state index in [2.05, 4.69) is 10.3 Å². The molecule has 0 amide bonds. The van der Waals surface area contributed by atoms with E-state index >= 15 is 0 Å². The van der Waals surface area contributed by atoms with Crippen molar-refractivity contribution in [3.63, 3.8) is 0 Å². The summed E-state index contributed by atoms with van der Waals surface area (Å²) in [4.78, 5) is 18.0. The van der Waals surface area contributed by atoms with Crippen molar-refractivity contribution in [1.82, 2.24) is 18.8 Å². The Bertz CT molecular complexity index is 2020. The molecule has 0 atom stereocenters. The first-order valence-electron chi connectivity index (χ1n) is 14.8. The van der Waals surface area contributed by atoms with Crippen molar-refractivity contribution in [3.05, 3.63) is 101 Å². The Labute approximate surface area is 261 Å². The second-order valence-corrected chi connectivity index (χ2v) is 13.7. The molecule has 0 aliphatic carbocycles. The number of aryl methyl sites for hydroxylation is 2. The van der Waals surface area contributed by atoms with Gasteiger partial charge < -0.3 is 24.5 Å². The van der Waals surface area contributed by atoms with Crippen LogP contribution in [0.15, 0.2) is 88.9 Å². The number of rotatable bonds is 8. The first kappa shape index (κ1) is 30.6. The molecule has 45 heavy (non-hydrogen) atoms. The number of hydrogen-bond donors (Lipinski definition) is 2. The molecule has 5 aromatic rings. The van der Waals surface area contributed by atoms with E-state index in [-0.39, 0.29) is 16.5 Å². The van der Waals surface area contributed by atoms with E-state index in [1.807, 2.05) is 6.92 Å². The summed E-state index contributed by atoms with van der Waals surface area (Å²) in [5, 5.41) is 14.6. The SMILES string of the molecule is Cc1ccc(S(=O)(=O)n2ccc3c(-c4cc(C(C)(C)O)ccc4Oc4ccc(OC5CCNCC5)nc4)cn(C)c(=O)c32)cc1. The highest BCUT2D eigenvalue weighted by Crippen LogP contribution is 2.40. The van der Waals surface area contributed by atoms with Gasteiger partial charge in [-0.1, -0.05) is 23.8 Å². The largest absolute Gasteiger partial charge is 0.474 e. The quantitative estimate of drug-likeness (QED) is 0.243. The molecule has 4 heterocycles. The summed E-state index contributed by atoms with van der Waals surface area (Å²) >= 11 is 0. The number of aromatic nitrogens is 3. The van der Waals surface area contributed by atoms with Crippen LogP contribution in [0.5, 0.6) is 17.4 Å². The Morgan fingerprint density at radius 1 is 1.00 bits per heavy atom. The van der Waals surface area contributed by atoms with Gasteiger partial charge in [-0.05, 0) is 88.7 Å². The Hall–Kier alpha value is -4.45. The lowest BCUT2D eigenvalue weighted by atomic mass is 9.93. The van der Waals surface area contributed by atoms with E-state index in [0.717, 1.165) is 35.5 Å². The Morgan fingerprint density at radius 2 is 1.73 bits per heavy atom. The van der Waals surface area contributed by atoms with Gasteiger partial charge in [0.15, 0.2) is 0 Å². The van der Waals surface area contributed by atoms with Crippen LogP contribution < -0.4 is 20.3 Å². The number of aliphatic hydroxyl groups is 1. The van der Waals surface area contributed by atoms with Gasteiger partial charge in [-0.15, -0.1) is 0 Å². The fourth-order valence-electron chi connectivity index (χ4n) is 5.49. The van der Waals surface area contributed by atoms with E-state index in [0.29, 0.717) is 39.5 Å². The average molecular weight is 629 g/mol. The van der Waals surface area contributed by atoms with Gasteiger partial charge in [-0.2, -0.15) is 0 Å². The molecule has 2 N–H and O–H groups in total. The number of fused-ring (bicyclic) bond motifs is 1. The monoisotopic (exact) mass is 628 g/mol. The van der Waals surface area contributed by atoms with Gasteiger partial charge in [0.2, 0.25) is 5.88 Å². The first-order chi connectivity index (χ1) is 21.4. The fourth-order valence-corrected chi connectivity index (χ4v) is 6.83. The van der Waals surface area contributed by atoms with E-state index in [1.54, 1.807) is 81.8 Å². The van der Waals surface area contributed by atoms with E-state index in [9.17, 15) is 18.3 Å². The first-order valence-corrected chi connectivity index (χ1v) is 16.3.